The molecule has 0 saturated carbocycles. The number of alkyl halides is 6. The number of aromatic amines is 1. The summed E-state index contributed by atoms with van der Waals surface area (Å²) in [5, 5.41) is 0. The normalized spacial score (nSPS) is 14.3. The van der Waals surface area contributed by atoms with Crippen molar-refractivity contribution in [1.29, 1.82) is 0 Å². The minimum atomic E-state index is -5.35. The minimum Gasteiger partial charge on any atom is -0.462 e. The molecule has 1 aromatic carbocycles. The number of anilines is 1. The van der Waals surface area contributed by atoms with E-state index in [0.29, 0.717) is 17.2 Å². The highest BCUT2D eigenvalue weighted by Gasteiger charge is 2.45. The number of hydrogen-bond acceptors (Lipinski definition) is 4. The standard InChI is InChI=1S/C22H18F6N2O4/c1-2-34-19(32)12-5-3-6-14(9-12)30(20(33)22(26,27)28)17-8-4-7-15(17)16-10-13(21(23,24)25)11-29-18(16)31/h3,5-6,9-11H,2,4,7-8H2,1H3,(H,29,31). The minimum absolute atomic E-state index is 0.00187. The molecule has 0 bridgehead atoms. The first-order chi connectivity index (χ1) is 15.8. The average molecular weight is 488 g/mol. The highest BCUT2D eigenvalue weighted by atomic mass is 19.4. The molecule has 0 atom stereocenters. The number of halogens is 6. The number of carbonyl (C=O) groups excluding carboxylic acids is 2. The van der Waals surface area contributed by atoms with Crippen molar-refractivity contribution < 1.29 is 40.7 Å². The Balaban J connectivity index is 2.22. The van der Waals surface area contributed by atoms with Crippen LogP contribution in [0.1, 0.15) is 47.7 Å². The van der Waals surface area contributed by atoms with Crippen molar-refractivity contribution in [3.8, 4) is 0 Å². The number of pyridine rings is 1. The van der Waals surface area contributed by atoms with Gasteiger partial charge in [0.1, 0.15) is 0 Å². The number of aromatic nitrogens is 1. The predicted molar refractivity (Wildman–Crippen MR) is 109 cm³/mol. The van der Waals surface area contributed by atoms with Gasteiger partial charge in [0.2, 0.25) is 0 Å². The lowest BCUT2D eigenvalue weighted by atomic mass is 10.0. The van der Waals surface area contributed by atoms with Crippen LogP contribution in [-0.4, -0.2) is 29.6 Å². The Morgan fingerprint density at radius 1 is 1.09 bits per heavy atom. The van der Waals surface area contributed by atoms with Gasteiger partial charge in [0.15, 0.2) is 0 Å². The number of carbonyl (C=O) groups is 2. The number of amides is 1. The molecule has 182 valence electrons. The second kappa shape index (κ2) is 9.35. The quantitative estimate of drug-likeness (QED) is 0.472. The molecule has 1 N–H and O–H groups in total. The van der Waals surface area contributed by atoms with Gasteiger partial charge in [-0.3, -0.25) is 14.5 Å². The van der Waals surface area contributed by atoms with Crippen LogP contribution in [0.5, 0.6) is 0 Å². The van der Waals surface area contributed by atoms with Gasteiger partial charge in [0, 0.05) is 23.1 Å². The number of H-pyrrole nitrogens is 1. The summed E-state index contributed by atoms with van der Waals surface area (Å²) in [5.74, 6) is -3.15. The molecule has 0 saturated heterocycles. The third-order valence-corrected chi connectivity index (χ3v) is 5.08. The summed E-state index contributed by atoms with van der Waals surface area (Å²) in [6.07, 6.45) is -9.65. The zero-order valence-electron chi connectivity index (χ0n) is 17.6. The van der Waals surface area contributed by atoms with Crippen LogP contribution in [0, 0.1) is 0 Å². The molecule has 3 rings (SSSR count). The summed E-state index contributed by atoms with van der Waals surface area (Å²) in [7, 11) is 0. The summed E-state index contributed by atoms with van der Waals surface area (Å²) in [4.78, 5) is 39.1. The zero-order chi connectivity index (χ0) is 25.3. The molecule has 1 amide bonds. The molecule has 0 fully saturated rings. The number of rotatable bonds is 5. The van der Waals surface area contributed by atoms with Crippen molar-refractivity contribution >= 4 is 23.1 Å². The van der Waals surface area contributed by atoms with Crippen LogP contribution in [0.4, 0.5) is 32.0 Å². The van der Waals surface area contributed by atoms with Gasteiger partial charge in [-0.15, -0.1) is 0 Å². The summed E-state index contributed by atoms with van der Waals surface area (Å²) in [6.45, 7) is 1.53. The van der Waals surface area contributed by atoms with Crippen molar-refractivity contribution in [3.05, 3.63) is 69.3 Å². The van der Waals surface area contributed by atoms with Crippen LogP contribution in [0.2, 0.25) is 0 Å². The molecular formula is C22H18F6N2O4. The Morgan fingerprint density at radius 3 is 2.41 bits per heavy atom. The highest BCUT2D eigenvalue weighted by molar-refractivity contribution is 6.03. The summed E-state index contributed by atoms with van der Waals surface area (Å²) < 4.78 is 85.0. The SMILES string of the molecule is CCOC(=O)c1cccc(N(C(=O)C(F)(F)F)C2=C(c3cc(C(F)(F)F)c[nH]c3=O)CCC2)c1. The maximum Gasteiger partial charge on any atom is 0.472 e. The molecule has 6 nitrogen and oxygen atoms in total. The fraction of sp³-hybridized carbons (Fsp3) is 0.318. The van der Waals surface area contributed by atoms with E-state index in [9.17, 15) is 40.7 Å². The fourth-order valence-corrected chi connectivity index (χ4v) is 3.65. The van der Waals surface area contributed by atoms with Gasteiger partial charge < -0.3 is 9.72 Å². The van der Waals surface area contributed by atoms with E-state index < -0.39 is 40.9 Å². The molecular weight excluding hydrogens is 470 g/mol. The van der Waals surface area contributed by atoms with E-state index in [0.717, 1.165) is 12.1 Å². The lowest BCUT2D eigenvalue weighted by Crippen LogP contribution is -2.41. The molecule has 0 radical (unpaired) electrons. The van der Waals surface area contributed by atoms with E-state index in [1.807, 2.05) is 4.98 Å². The highest BCUT2D eigenvalue weighted by Crippen LogP contribution is 2.40. The van der Waals surface area contributed by atoms with Gasteiger partial charge >= 0.3 is 24.2 Å². The topological polar surface area (TPSA) is 79.5 Å². The van der Waals surface area contributed by atoms with E-state index >= 15 is 0 Å². The number of allylic oxidation sites excluding steroid dienone is 2. The van der Waals surface area contributed by atoms with Crippen LogP contribution in [0.25, 0.3) is 5.57 Å². The van der Waals surface area contributed by atoms with E-state index in [1.54, 1.807) is 0 Å². The zero-order valence-corrected chi connectivity index (χ0v) is 17.6. The molecule has 34 heavy (non-hydrogen) atoms. The summed E-state index contributed by atoms with van der Waals surface area (Å²) in [6, 6.07) is 5.22. The van der Waals surface area contributed by atoms with Crippen LogP contribution >= 0.6 is 0 Å². The average Bonchev–Trinajstić information content (AvgIpc) is 3.22. The fourth-order valence-electron chi connectivity index (χ4n) is 3.65. The van der Waals surface area contributed by atoms with Crippen LogP contribution in [0.3, 0.4) is 0 Å². The number of nitrogens with zero attached hydrogens (tertiary/aromatic N) is 1. The molecule has 1 aliphatic carbocycles. The lowest BCUT2D eigenvalue weighted by molar-refractivity contribution is -0.169. The Hall–Kier alpha value is -3.57. The largest absolute Gasteiger partial charge is 0.472 e. The van der Waals surface area contributed by atoms with E-state index in [-0.39, 0.29) is 48.4 Å². The first-order valence-electron chi connectivity index (χ1n) is 10.1. The Bertz CT molecular complexity index is 1200. The third-order valence-electron chi connectivity index (χ3n) is 5.08. The van der Waals surface area contributed by atoms with Crippen LogP contribution in [0.15, 0.2) is 47.0 Å². The summed E-state index contributed by atoms with van der Waals surface area (Å²) in [5.41, 5.74) is -3.48. The predicted octanol–water partition coefficient (Wildman–Crippen LogP) is 5.06. The van der Waals surface area contributed by atoms with Crippen molar-refractivity contribution in [2.75, 3.05) is 11.5 Å². The molecule has 2 aromatic rings. The van der Waals surface area contributed by atoms with Gasteiger partial charge in [0.25, 0.3) is 5.56 Å². The van der Waals surface area contributed by atoms with E-state index in [2.05, 4.69) is 0 Å². The molecule has 0 spiro atoms. The van der Waals surface area contributed by atoms with Crippen molar-refractivity contribution in [2.24, 2.45) is 0 Å². The van der Waals surface area contributed by atoms with E-state index in [1.165, 1.54) is 19.1 Å². The van der Waals surface area contributed by atoms with Crippen LogP contribution in [-0.2, 0) is 15.7 Å². The van der Waals surface area contributed by atoms with E-state index in [4.69, 9.17) is 4.74 Å². The maximum atomic E-state index is 13.5. The number of hydrogen-bond donors (Lipinski definition) is 1. The van der Waals surface area contributed by atoms with Crippen molar-refractivity contribution in [3.63, 3.8) is 0 Å². The first-order valence-corrected chi connectivity index (χ1v) is 10.1. The lowest BCUT2D eigenvalue weighted by Gasteiger charge is -2.27. The Morgan fingerprint density at radius 2 is 1.79 bits per heavy atom. The third kappa shape index (κ3) is 5.15. The summed E-state index contributed by atoms with van der Waals surface area (Å²) >= 11 is 0. The number of nitrogens with one attached hydrogen (secondary N) is 1. The molecule has 0 unspecified atom stereocenters. The molecule has 1 aromatic heterocycles. The maximum absolute atomic E-state index is 13.5. The molecule has 1 heterocycles. The van der Waals surface area contributed by atoms with Gasteiger partial charge in [0.05, 0.1) is 17.7 Å². The number of ether oxygens (including phenoxy) is 1. The van der Waals surface area contributed by atoms with Gasteiger partial charge in [-0.05, 0) is 56.0 Å². The molecule has 1 aliphatic rings. The Kier molecular flexibility index (Phi) is 6.89. The smallest absolute Gasteiger partial charge is 0.462 e. The van der Waals surface area contributed by atoms with Gasteiger partial charge in [-0.2, -0.15) is 26.3 Å². The van der Waals surface area contributed by atoms with Crippen molar-refractivity contribution in [1.82, 2.24) is 4.98 Å². The number of benzene rings is 1. The van der Waals surface area contributed by atoms with Crippen LogP contribution < -0.4 is 10.5 Å². The van der Waals surface area contributed by atoms with Crippen molar-refractivity contribution in [2.45, 2.75) is 38.5 Å². The second-order valence-electron chi connectivity index (χ2n) is 7.32. The Labute approximate surface area is 188 Å². The molecule has 12 heteroatoms. The molecule has 0 aliphatic heterocycles. The van der Waals surface area contributed by atoms with Gasteiger partial charge in [-0.1, -0.05) is 6.07 Å². The second-order valence-corrected chi connectivity index (χ2v) is 7.32. The monoisotopic (exact) mass is 488 g/mol. The van der Waals surface area contributed by atoms with Gasteiger partial charge in [-0.25, -0.2) is 4.79 Å². The first kappa shape index (κ1) is 25.1. The number of esters is 1.